The van der Waals surface area contributed by atoms with Crippen molar-refractivity contribution in [3.05, 3.63) is 48.0 Å². The molecule has 1 unspecified atom stereocenters. The number of benzene rings is 1. The Balaban J connectivity index is 0.00000243. The molecule has 0 spiro atoms. The first-order valence-electron chi connectivity index (χ1n) is 8.06. The van der Waals surface area contributed by atoms with E-state index >= 15 is 0 Å². The number of aryl methyl sites for hydroxylation is 1. The largest absolute Gasteiger partial charge is 0.435 e. The zero-order chi connectivity index (χ0) is 17.8. The van der Waals surface area contributed by atoms with Crippen LogP contribution in [-0.4, -0.2) is 46.6 Å². The highest BCUT2D eigenvalue weighted by Crippen LogP contribution is 2.22. The van der Waals surface area contributed by atoms with E-state index in [-0.39, 0.29) is 36.5 Å². The van der Waals surface area contributed by atoms with Crippen LogP contribution in [0.25, 0.3) is 0 Å². The number of alkyl halides is 2. The highest BCUT2D eigenvalue weighted by Gasteiger charge is 2.30. The number of nitrogens with one attached hydrogen (secondary N) is 1. The number of piperazine rings is 1. The molecule has 3 rings (SSSR count). The van der Waals surface area contributed by atoms with Crippen LogP contribution < -0.4 is 10.1 Å². The number of rotatable bonds is 5. The van der Waals surface area contributed by atoms with Gasteiger partial charge >= 0.3 is 6.61 Å². The molecule has 0 aliphatic carbocycles. The molecule has 1 amide bonds. The summed E-state index contributed by atoms with van der Waals surface area (Å²) >= 11 is 0. The summed E-state index contributed by atoms with van der Waals surface area (Å²) in [4.78, 5) is 18.9. The maximum atomic E-state index is 12.8. The van der Waals surface area contributed by atoms with Crippen molar-refractivity contribution in [2.75, 3.05) is 19.6 Å². The third-order valence-electron chi connectivity index (χ3n) is 4.20. The van der Waals surface area contributed by atoms with Gasteiger partial charge in [-0.1, -0.05) is 12.1 Å². The summed E-state index contributed by atoms with van der Waals surface area (Å²) in [5.74, 6) is 0.806. The Morgan fingerprint density at radius 2 is 2.27 bits per heavy atom. The summed E-state index contributed by atoms with van der Waals surface area (Å²) in [5, 5.41) is 3.28. The molecule has 6 nitrogen and oxygen atoms in total. The molecule has 26 heavy (non-hydrogen) atoms. The Bertz CT molecular complexity index is 741. The van der Waals surface area contributed by atoms with E-state index in [1.54, 1.807) is 23.2 Å². The molecule has 1 saturated heterocycles. The molecule has 2 heterocycles. The normalized spacial score (nSPS) is 17.1. The average Bonchev–Trinajstić information content (AvgIpc) is 3.00. The van der Waals surface area contributed by atoms with E-state index in [9.17, 15) is 13.6 Å². The summed E-state index contributed by atoms with van der Waals surface area (Å²) in [6.07, 6.45) is 3.68. The highest BCUT2D eigenvalue weighted by molar-refractivity contribution is 5.85. The number of aromatic nitrogens is 2. The second-order valence-corrected chi connectivity index (χ2v) is 5.91. The molecule has 0 saturated carbocycles. The maximum Gasteiger partial charge on any atom is 0.387 e. The van der Waals surface area contributed by atoms with Crippen molar-refractivity contribution >= 4 is 18.3 Å². The van der Waals surface area contributed by atoms with Crippen LogP contribution in [0.4, 0.5) is 8.78 Å². The molecular formula is C17H21ClF2N4O2. The second kappa shape index (κ2) is 8.95. The molecule has 9 heteroatoms. The lowest BCUT2D eigenvalue weighted by Crippen LogP contribution is -2.49. The topological polar surface area (TPSA) is 59.4 Å². The smallest absolute Gasteiger partial charge is 0.387 e. The van der Waals surface area contributed by atoms with Crippen molar-refractivity contribution in [1.29, 1.82) is 0 Å². The van der Waals surface area contributed by atoms with E-state index in [0.717, 1.165) is 5.82 Å². The third kappa shape index (κ3) is 4.70. The van der Waals surface area contributed by atoms with Gasteiger partial charge in [0.25, 0.3) is 0 Å². The predicted octanol–water partition coefficient (Wildman–Crippen LogP) is 2.16. The van der Waals surface area contributed by atoms with Gasteiger partial charge in [-0.3, -0.25) is 4.79 Å². The van der Waals surface area contributed by atoms with E-state index in [4.69, 9.17) is 0 Å². The van der Waals surface area contributed by atoms with Gasteiger partial charge in [-0.25, -0.2) is 4.98 Å². The Morgan fingerprint density at radius 1 is 1.46 bits per heavy atom. The maximum absolute atomic E-state index is 12.8. The number of carbonyl (C=O) groups excluding carboxylic acids is 1. The molecule has 0 bridgehead atoms. The minimum atomic E-state index is -2.88. The highest BCUT2D eigenvalue weighted by atomic mass is 35.5. The monoisotopic (exact) mass is 386 g/mol. The van der Waals surface area contributed by atoms with Gasteiger partial charge in [0.2, 0.25) is 5.91 Å². The van der Waals surface area contributed by atoms with Crippen LogP contribution in [0.3, 0.4) is 0 Å². The van der Waals surface area contributed by atoms with Gasteiger partial charge in [0.1, 0.15) is 17.6 Å². The van der Waals surface area contributed by atoms with Crippen molar-refractivity contribution in [3.63, 3.8) is 0 Å². The quantitative estimate of drug-likeness (QED) is 0.855. The van der Waals surface area contributed by atoms with E-state index in [2.05, 4.69) is 15.0 Å². The van der Waals surface area contributed by atoms with Gasteiger partial charge in [-0.05, 0) is 17.7 Å². The number of amides is 1. The van der Waals surface area contributed by atoms with Crippen LogP contribution in [0.1, 0.15) is 17.4 Å². The van der Waals surface area contributed by atoms with Gasteiger partial charge in [0, 0.05) is 39.1 Å². The standard InChI is InChI=1S/C17H20F2N4O2.ClH/c1-22-7-6-21-16(22)14-11-20-5-8-23(14)15(24)10-12-3-2-4-13(9-12)25-17(18)19;/h2-4,6-7,9,14,17,20H,5,8,10-11H2,1H3;1H. The second-order valence-electron chi connectivity index (χ2n) is 5.91. The molecule has 1 aliphatic heterocycles. The van der Waals surface area contributed by atoms with Crippen molar-refractivity contribution in [1.82, 2.24) is 19.8 Å². The van der Waals surface area contributed by atoms with Gasteiger partial charge < -0.3 is 19.5 Å². The van der Waals surface area contributed by atoms with Crippen LogP contribution in [-0.2, 0) is 18.3 Å². The molecule has 1 aliphatic rings. The zero-order valence-corrected chi connectivity index (χ0v) is 15.1. The first-order chi connectivity index (χ1) is 12.0. The molecule has 1 aromatic heterocycles. The zero-order valence-electron chi connectivity index (χ0n) is 14.3. The lowest BCUT2D eigenvalue weighted by molar-refractivity contribution is -0.134. The van der Waals surface area contributed by atoms with Gasteiger partial charge in [0.15, 0.2) is 0 Å². The first kappa shape index (κ1) is 20.1. The van der Waals surface area contributed by atoms with Crippen molar-refractivity contribution in [3.8, 4) is 5.75 Å². The Kier molecular flexibility index (Phi) is 6.93. The summed E-state index contributed by atoms with van der Waals surface area (Å²) < 4.78 is 31.0. The fourth-order valence-corrected chi connectivity index (χ4v) is 3.04. The van der Waals surface area contributed by atoms with Crippen LogP contribution >= 0.6 is 12.4 Å². The number of hydrogen-bond donors (Lipinski definition) is 1. The molecule has 1 atom stereocenters. The lowest BCUT2D eigenvalue weighted by atomic mass is 10.1. The predicted molar refractivity (Wildman–Crippen MR) is 94.6 cm³/mol. The number of halogens is 3. The van der Waals surface area contributed by atoms with Crippen molar-refractivity contribution in [2.24, 2.45) is 7.05 Å². The number of nitrogens with zero attached hydrogens (tertiary/aromatic N) is 3. The Hall–Kier alpha value is -2.19. The fraction of sp³-hybridized carbons (Fsp3) is 0.412. The van der Waals surface area contributed by atoms with Crippen LogP contribution in [0.5, 0.6) is 5.75 Å². The van der Waals surface area contributed by atoms with Crippen LogP contribution in [0.2, 0.25) is 0 Å². The van der Waals surface area contributed by atoms with E-state index in [1.807, 2.05) is 17.8 Å². The molecular weight excluding hydrogens is 366 g/mol. The average molecular weight is 387 g/mol. The summed E-state index contributed by atoms with van der Waals surface area (Å²) in [6.45, 7) is -0.970. The Labute approximate surface area is 156 Å². The molecule has 0 radical (unpaired) electrons. The fourth-order valence-electron chi connectivity index (χ4n) is 3.04. The SMILES string of the molecule is Cl.Cn1ccnc1C1CNCCN1C(=O)Cc1cccc(OC(F)F)c1. The number of carbonyl (C=O) groups is 1. The summed E-state index contributed by atoms with van der Waals surface area (Å²) in [7, 11) is 1.89. The lowest BCUT2D eigenvalue weighted by Gasteiger charge is -2.35. The van der Waals surface area contributed by atoms with Crippen LogP contribution in [0.15, 0.2) is 36.7 Å². The number of hydrogen-bond acceptors (Lipinski definition) is 4. The van der Waals surface area contributed by atoms with Gasteiger partial charge in [-0.2, -0.15) is 8.78 Å². The minimum Gasteiger partial charge on any atom is -0.435 e. The van der Waals surface area contributed by atoms with Crippen molar-refractivity contribution < 1.29 is 18.3 Å². The van der Waals surface area contributed by atoms with E-state index in [1.165, 1.54) is 12.1 Å². The third-order valence-corrected chi connectivity index (χ3v) is 4.20. The minimum absolute atomic E-state index is 0. The van der Waals surface area contributed by atoms with Gasteiger partial charge in [0.05, 0.1) is 6.42 Å². The van der Waals surface area contributed by atoms with Gasteiger partial charge in [-0.15, -0.1) is 12.4 Å². The molecule has 1 aromatic carbocycles. The number of ether oxygens (including phenoxy) is 1. The van der Waals surface area contributed by atoms with E-state index < -0.39 is 6.61 Å². The van der Waals surface area contributed by atoms with E-state index in [0.29, 0.717) is 25.2 Å². The first-order valence-corrected chi connectivity index (χ1v) is 8.06. The summed E-state index contributed by atoms with van der Waals surface area (Å²) in [6, 6.07) is 6.10. The number of imidazole rings is 1. The summed E-state index contributed by atoms with van der Waals surface area (Å²) in [5.41, 5.74) is 0.639. The molecule has 1 fully saturated rings. The van der Waals surface area contributed by atoms with Crippen molar-refractivity contribution in [2.45, 2.75) is 19.1 Å². The van der Waals surface area contributed by atoms with Crippen LogP contribution in [0, 0.1) is 0 Å². The molecule has 142 valence electrons. The molecule has 1 N–H and O–H groups in total. The Morgan fingerprint density at radius 3 is 2.96 bits per heavy atom. The molecule has 2 aromatic rings.